The van der Waals surface area contributed by atoms with E-state index in [1.165, 1.54) is 5.57 Å². The third kappa shape index (κ3) is 0.876. The van der Waals surface area contributed by atoms with Gasteiger partial charge in [0.15, 0.2) is 5.78 Å². The number of ketones is 1. The van der Waals surface area contributed by atoms with Gasteiger partial charge in [0.05, 0.1) is 12.2 Å². The van der Waals surface area contributed by atoms with Crippen molar-refractivity contribution in [2.75, 3.05) is 6.61 Å². The number of hydrogen-bond donors (Lipinski definition) is 0. The van der Waals surface area contributed by atoms with Gasteiger partial charge in [-0.1, -0.05) is 6.92 Å². The fraction of sp³-hybridized carbons (Fsp3) is 0.700. The van der Waals surface area contributed by atoms with Crippen LogP contribution < -0.4 is 0 Å². The number of allylic oxidation sites excluding steroid dienone is 1. The minimum atomic E-state index is -0.203. The Labute approximate surface area is 72.6 Å². The van der Waals surface area contributed by atoms with Gasteiger partial charge in [-0.2, -0.15) is 0 Å². The van der Waals surface area contributed by atoms with Crippen LogP contribution in [-0.4, -0.2) is 18.0 Å². The largest absolute Gasteiger partial charge is 0.371 e. The summed E-state index contributed by atoms with van der Waals surface area (Å²) in [4.78, 5) is 11.3. The van der Waals surface area contributed by atoms with E-state index in [2.05, 4.69) is 0 Å². The molecule has 12 heavy (non-hydrogen) atoms. The van der Waals surface area contributed by atoms with Crippen LogP contribution in [0.15, 0.2) is 11.6 Å². The van der Waals surface area contributed by atoms with Crippen LogP contribution >= 0.6 is 0 Å². The molecule has 2 atom stereocenters. The van der Waals surface area contributed by atoms with E-state index in [1.54, 1.807) is 6.08 Å². The molecule has 1 heterocycles. The van der Waals surface area contributed by atoms with Gasteiger partial charge >= 0.3 is 0 Å². The molecule has 1 saturated heterocycles. The van der Waals surface area contributed by atoms with Gasteiger partial charge in [0.2, 0.25) is 0 Å². The quantitative estimate of drug-likeness (QED) is 0.546. The molecule has 0 bridgehead atoms. The second-order valence-electron chi connectivity index (χ2n) is 4.22. The van der Waals surface area contributed by atoms with E-state index >= 15 is 0 Å². The van der Waals surface area contributed by atoms with Gasteiger partial charge in [0.25, 0.3) is 0 Å². The third-order valence-corrected chi connectivity index (χ3v) is 3.07. The zero-order valence-corrected chi connectivity index (χ0v) is 7.76. The molecule has 0 aromatic heterocycles. The predicted octanol–water partition coefficient (Wildman–Crippen LogP) is 1.56. The summed E-state index contributed by atoms with van der Waals surface area (Å²) in [6.07, 6.45) is 1.78. The summed E-state index contributed by atoms with van der Waals surface area (Å²) in [6, 6.07) is 0. The number of rotatable bonds is 0. The normalized spacial score (nSPS) is 38.2. The van der Waals surface area contributed by atoms with Crippen molar-refractivity contribution in [3.63, 3.8) is 0 Å². The maximum absolute atomic E-state index is 11.3. The Kier molecular flexibility index (Phi) is 1.46. The molecule has 2 heteroatoms. The van der Waals surface area contributed by atoms with E-state index in [9.17, 15) is 4.79 Å². The lowest BCUT2D eigenvalue weighted by molar-refractivity contribution is -0.118. The number of carbonyl (C=O) groups excluding carboxylic acids is 1. The second kappa shape index (κ2) is 2.19. The number of fused-ring (bicyclic) bond motifs is 1. The van der Waals surface area contributed by atoms with Crippen LogP contribution in [0.25, 0.3) is 0 Å². The van der Waals surface area contributed by atoms with E-state index in [1.807, 2.05) is 20.8 Å². The first-order valence-electron chi connectivity index (χ1n) is 4.42. The Balaban J connectivity index is 2.38. The summed E-state index contributed by atoms with van der Waals surface area (Å²) >= 11 is 0. The summed E-state index contributed by atoms with van der Waals surface area (Å²) in [5.74, 6) is 0.764. The van der Waals surface area contributed by atoms with Crippen molar-refractivity contribution in [3.8, 4) is 0 Å². The van der Waals surface area contributed by atoms with Gasteiger partial charge in [-0.05, 0) is 25.5 Å². The van der Waals surface area contributed by atoms with Crippen LogP contribution in [-0.2, 0) is 9.53 Å². The van der Waals surface area contributed by atoms with E-state index in [0.29, 0.717) is 12.5 Å². The van der Waals surface area contributed by atoms with Crippen molar-refractivity contribution < 1.29 is 9.53 Å². The minimum absolute atomic E-state index is 0.141. The SMILES string of the molecule is C[C@@H]1C(=O)C=C2[C@@H]1COC2(C)C. The smallest absolute Gasteiger partial charge is 0.159 e. The molecule has 0 saturated carbocycles. The summed E-state index contributed by atoms with van der Waals surface area (Å²) in [7, 11) is 0. The first kappa shape index (κ1) is 7.99. The van der Waals surface area contributed by atoms with Gasteiger partial charge < -0.3 is 4.74 Å². The van der Waals surface area contributed by atoms with Crippen molar-refractivity contribution in [2.45, 2.75) is 26.4 Å². The lowest BCUT2D eigenvalue weighted by Crippen LogP contribution is -2.19. The lowest BCUT2D eigenvalue weighted by atomic mass is 9.88. The predicted molar refractivity (Wildman–Crippen MR) is 45.8 cm³/mol. The van der Waals surface area contributed by atoms with Crippen LogP contribution in [0.1, 0.15) is 20.8 Å². The summed E-state index contributed by atoms with van der Waals surface area (Å²) in [6.45, 7) is 6.77. The Morgan fingerprint density at radius 2 is 2.25 bits per heavy atom. The zero-order valence-electron chi connectivity index (χ0n) is 7.76. The summed E-state index contributed by atoms with van der Waals surface area (Å²) < 4.78 is 5.61. The molecule has 1 aliphatic heterocycles. The molecule has 0 amide bonds. The monoisotopic (exact) mass is 166 g/mol. The Bertz CT molecular complexity index is 263. The Hall–Kier alpha value is -0.630. The van der Waals surface area contributed by atoms with Gasteiger partial charge in [-0.15, -0.1) is 0 Å². The highest BCUT2D eigenvalue weighted by Gasteiger charge is 2.45. The first-order valence-corrected chi connectivity index (χ1v) is 4.42. The third-order valence-electron chi connectivity index (χ3n) is 3.07. The molecule has 2 rings (SSSR count). The van der Waals surface area contributed by atoms with Crippen molar-refractivity contribution in [3.05, 3.63) is 11.6 Å². The average Bonchev–Trinajstić information content (AvgIpc) is 2.40. The number of carbonyl (C=O) groups is 1. The molecule has 1 fully saturated rings. The van der Waals surface area contributed by atoms with E-state index in [0.717, 1.165) is 0 Å². The molecule has 0 aromatic rings. The molecule has 2 aliphatic rings. The molecule has 66 valence electrons. The molecule has 2 nitrogen and oxygen atoms in total. The maximum atomic E-state index is 11.3. The summed E-state index contributed by atoms with van der Waals surface area (Å²) in [5.41, 5.74) is 0.991. The highest BCUT2D eigenvalue weighted by atomic mass is 16.5. The van der Waals surface area contributed by atoms with E-state index < -0.39 is 0 Å². The van der Waals surface area contributed by atoms with E-state index in [-0.39, 0.29) is 17.3 Å². The zero-order chi connectivity index (χ0) is 8.93. The highest BCUT2D eigenvalue weighted by molar-refractivity contribution is 5.96. The highest BCUT2D eigenvalue weighted by Crippen LogP contribution is 2.43. The Morgan fingerprint density at radius 3 is 2.83 bits per heavy atom. The number of hydrogen-bond acceptors (Lipinski definition) is 2. The minimum Gasteiger partial charge on any atom is -0.371 e. The molecule has 1 aliphatic carbocycles. The van der Waals surface area contributed by atoms with Gasteiger partial charge in [0.1, 0.15) is 0 Å². The standard InChI is InChI=1S/C10H14O2/c1-6-7-5-12-10(2,3)8(7)4-9(6)11/h4,6-7H,5H2,1-3H3/t6-,7+/m0/s1. The summed E-state index contributed by atoms with van der Waals surface area (Å²) in [5, 5.41) is 0. The van der Waals surface area contributed by atoms with Crippen LogP contribution in [0.5, 0.6) is 0 Å². The van der Waals surface area contributed by atoms with Gasteiger partial charge in [-0.3, -0.25) is 4.79 Å². The second-order valence-corrected chi connectivity index (χ2v) is 4.22. The van der Waals surface area contributed by atoms with Crippen molar-refractivity contribution in [2.24, 2.45) is 11.8 Å². The van der Waals surface area contributed by atoms with Gasteiger partial charge in [0, 0.05) is 11.8 Å². The van der Waals surface area contributed by atoms with Crippen LogP contribution in [0.4, 0.5) is 0 Å². The molecule has 0 unspecified atom stereocenters. The van der Waals surface area contributed by atoms with E-state index in [4.69, 9.17) is 4.74 Å². The maximum Gasteiger partial charge on any atom is 0.159 e. The van der Waals surface area contributed by atoms with Crippen molar-refractivity contribution in [1.82, 2.24) is 0 Å². The van der Waals surface area contributed by atoms with Crippen LogP contribution in [0.3, 0.4) is 0 Å². The molecule has 0 radical (unpaired) electrons. The fourth-order valence-electron chi connectivity index (χ4n) is 2.10. The topological polar surface area (TPSA) is 26.3 Å². The van der Waals surface area contributed by atoms with Gasteiger partial charge in [-0.25, -0.2) is 0 Å². The molecule has 0 spiro atoms. The van der Waals surface area contributed by atoms with Crippen molar-refractivity contribution in [1.29, 1.82) is 0 Å². The fourth-order valence-corrected chi connectivity index (χ4v) is 2.10. The average molecular weight is 166 g/mol. The molecular formula is C10H14O2. The Morgan fingerprint density at radius 1 is 1.58 bits per heavy atom. The van der Waals surface area contributed by atoms with Crippen LogP contribution in [0, 0.1) is 11.8 Å². The van der Waals surface area contributed by atoms with Crippen LogP contribution in [0.2, 0.25) is 0 Å². The lowest BCUT2D eigenvalue weighted by Gasteiger charge is -2.18. The number of ether oxygens (including phenoxy) is 1. The molecule has 0 N–H and O–H groups in total. The first-order chi connectivity index (χ1) is 5.52. The molecule has 0 aromatic carbocycles. The van der Waals surface area contributed by atoms with Crippen molar-refractivity contribution >= 4 is 5.78 Å². The molecular weight excluding hydrogens is 152 g/mol.